The number of anilines is 1. The van der Waals surface area contributed by atoms with Crippen molar-refractivity contribution in [3.05, 3.63) is 76.3 Å². The number of methoxy groups -OCH3 is 1. The predicted molar refractivity (Wildman–Crippen MR) is 126 cm³/mol. The van der Waals surface area contributed by atoms with E-state index in [0.717, 1.165) is 0 Å². The van der Waals surface area contributed by atoms with Gasteiger partial charge >= 0.3 is 5.97 Å². The lowest BCUT2D eigenvalue weighted by molar-refractivity contribution is -0.122. The molecule has 0 unspecified atom stereocenters. The topological polar surface area (TPSA) is 90.7 Å². The van der Waals surface area contributed by atoms with Crippen LogP contribution in [-0.4, -0.2) is 30.1 Å². The van der Waals surface area contributed by atoms with Crippen molar-refractivity contribution in [1.29, 1.82) is 0 Å². The van der Waals surface area contributed by atoms with Gasteiger partial charge in [-0.25, -0.2) is 9.78 Å². The molecule has 1 heterocycles. The number of aromatic nitrogens is 1. The maximum absolute atomic E-state index is 12.6. The van der Waals surface area contributed by atoms with Crippen molar-refractivity contribution in [2.24, 2.45) is 0 Å². The highest BCUT2D eigenvalue weighted by Crippen LogP contribution is 2.32. The zero-order valence-corrected chi connectivity index (χ0v) is 19.1. The molecule has 1 aromatic heterocycles. The number of amides is 1. The van der Waals surface area contributed by atoms with Crippen LogP contribution in [0.4, 0.5) is 5.69 Å². The fourth-order valence-electron chi connectivity index (χ4n) is 3.06. The zero-order chi connectivity index (χ0) is 23.5. The van der Waals surface area contributed by atoms with E-state index in [2.05, 4.69) is 10.3 Å². The van der Waals surface area contributed by atoms with Crippen molar-refractivity contribution in [2.75, 3.05) is 12.4 Å². The number of carbonyl (C=O) groups is 2. The number of nitrogens with zero attached hydrogens (tertiary/aromatic N) is 1. The van der Waals surface area contributed by atoms with Gasteiger partial charge in [0.15, 0.2) is 11.7 Å². The van der Waals surface area contributed by atoms with Gasteiger partial charge in [-0.05, 0) is 61.5 Å². The van der Waals surface area contributed by atoms with Gasteiger partial charge in [0.05, 0.1) is 17.7 Å². The van der Waals surface area contributed by atoms with Crippen LogP contribution in [0.3, 0.4) is 0 Å². The first-order valence-corrected chi connectivity index (χ1v) is 10.6. The molecule has 1 atom stereocenters. The molecule has 9 heteroatoms. The minimum absolute atomic E-state index is 0.245. The molecule has 0 aliphatic carbocycles. The largest absolute Gasteiger partial charge is 0.479 e. The lowest BCUT2D eigenvalue weighted by Crippen LogP contribution is -2.30. The van der Waals surface area contributed by atoms with Gasteiger partial charge in [-0.2, -0.15) is 0 Å². The fraction of sp³-hybridized carbons (Fsp3) is 0.125. The molecule has 0 bridgehead atoms. The van der Waals surface area contributed by atoms with Crippen LogP contribution >= 0.6 is 23.2 Å². The third-order valence-electron chi connectivity index (χ3n) is 4.80. The molecule has 7 nitrogen and oxygen atoms in total. The second-order valence-electron chi connectivity index (χ2n) is 7.07. The third kappa shape index (κ3) is 4.94. The van der Waals surface area contributed by atoms with Crippen LogP contribution < -0.4 is 10.1 Å². The Morgan fingerprint density at radius 2 is 1.82 bits per heavy atom. The number of fused-ring (bicyclic) bond motifs is 1. The third-order valence-corrected chi connectivity index (χ3v) is 5.60. The van der Waals surface area contributed by atoms with Crippen LogP contribution in [0.15, 0.2) is 65.1 Å². The first-order chi connectivity index (χ1) is 15.9. The molecule has 1 amide bonds. The molecule has 4 rings (SSSR count). The van der Waals surface area contributed by atoms with E-state index < -0.39 is 12.1 Å². The van der Waals surface area contributed by atoms with Crippen LogP contribution in [0.1, 0.15) is 17.3 Å². The molecule has 4 aromatic rings. The summed E-state index contributed by atoms with van der Waals surface area (Å²) in [4.78, 5) is 28.7. The van der Waals surface area contributed by atoms with E-state index in [-0.39, 0.29) is 10.9 Å². The van der Waals surface area contributed by atoms with Gasteiger partial charge in [0.2, 0.25) is 5.89 Å². The number of hydrogen-bond donors (Lipinski definition) is 1. The molecule has 3 aromatic carbocycles. The summed E-state index contributed by atoms with van der Waals surface area (Å²) < 4.78 is 16.1. The number of hydrogen-bond acceptors (Lipinski definition) is 6. The molecule has 168 valence electrons. The molecule has 0 fully saturated rings. The van der Waals surface area contributed by atoms with Crippen molar-refractivity contribution in [2.45, 2.75) is 13.0 Å². The molecule has 1 N–H and O–H groups in total. The number of nitrogens with one attached hydrogen (secondary N) is 1. The second kappa shape index (κ2) is 9.52. The number of halogens is 2. The summed E-state index contributed by atoms with van der Waals surface area (Å²) in [5.41, 5.74) is 2.77. The van der Waals surface area contributed by atoms with Crippen LogP contribution in [0.2, 0.25) is 10.0 Å². The smallest absolute Gasteiger partial charge is 0.337 e. The highest BCUT2D eigenvalue weighted by atomic mass is 35.5. The first kappa shape index (κ1) is 22.6. The van der Waals surface area contributed by atoms with Crippen molar-refractivity contribution in [3.63, 3.8) is 0 Å². The summed E-state index contributed by atoms with van der Waals surface area (Å²) in [6.07, 6.45) is -0.821. The molecule has 0 spiro atoms. The second-order valence-corrected chi connectivity index (χ2v) is 7.86. The number of carbonyl (C=O) groups excluding carboxylic acids is 2. The summed E-state index contributed by atoms with van der Waals surface area (Å²) in [5.74, 6) is -0.0818. The summed E-state index contributed by atoms with van der Waals surface area (Å²) in [5, 5.41) is 3.38. The van der Waals surface area contributed by atoms with E-state index >= 15 is 0 Å². The van der Waals surface area contributed by atoms with E-state index in [0.29, 0.717) is 44.6 Å². The maximum atomic E-state index is 12.6. The van der Waals surface area contributed by atoms with Gasteiger partial charge in [0, 0.05) is 11.3 Å². The molecule has 0 saturated carbocycles. The Morgan fingerprint density at radius 3 is 2.55 bits per heavy atom. The predicted octanol–water partition coefficient (Wildman–Crippen LogP) is 5.99. The molecule has 0 saturated heterocycles. The monoisotopic (exact) mass is 484 g/mol. The normalized spacial score (nSPS) is 11.8. The first-order valence-electron chi connectivity index (χ1n) is 9.86. The van der Waals surface area contributed by atoms with E-state index in [4.69, 9.17) is 37.1 Å². The van der Waals surface area contributed by atoms with E-state index in [1.807, 2.05) is 0 Å². The quantitative estimate of drug-likeness (QED) is 0.337. The Balaban J connectivity index is 1.48. The van der Waals surface area contributed by atoms with Gasteiger partial charge in [-0.15, -0.1) is 0 Å². The molecule has 0 aliphatic heterocycles. The lowest BCUT2D eigenvalue weighted by atomic mass is 10.1. The number of oxazole rings is 1. The van der Waals surface area contributed by atoms with Crippen molar-refractivity contribution < 1.29 is 23.5 Å². The van der Waals surface area contributed by atoms with E-state index in [1.165, 1.54) is 7.11 Å². The number of esters is 1. The van der Waals surface area contributed by atoms with Crippen molar-refractivity contribution in [3.8, 4) is 17.2 Å². The highest BCUT2D eigenvalue weighted by molar-refractivity contribution is 6.42. The summed E-state index contributed by atoms with van der Waals surface area (Å²) in [6.45, 7) is 1.61. The minimum atomic E-state index is -0.821. The molecule has 0 radical (unpaired) electrons. The van der Waals surface area contributed by atoms with Gasteiger partial charge < -0.3 is 19.2 Å². The number of benzene rings is 3. The van der Waals surface area contributed by atoms with Crippen LogP contribution in [0.5, 0.6) is 5.75 Å². The van der Waals surface area contributed by atoms with Gasteiger partial charge in [-0.1, -0.05) is 29.3 Å². The average molecular weight is 485 g/mol. The highest BCUT2D eigenvalue weighted by Gasteiger charge is 2.18. The maximum Gasteiger partial charge on any atom is 0.337 e. The van der Waals surface area contributed by atoms with Crippen LogP contribution in [0, 0.1) is 0 Å². The number of rotatable bonds is 6. The Kier molecular flexibility index (Phi) is 6.53. The van der Waals surface area contributed by atoms with Gasteiger partial charge in [0.1, 0.15) is 16.3 Å². The van der Waals surface area contributed by atoms with Crippen LogP contribution in [-0.2, 0) is 9.53 Å². The molecular formula is C24H18Cl2N2O5. The molecule has 0 aliphatic rings. The fourth-order valence-corrected chi connectivity index (χ4v) is 3.39. The van der Waals surface area contributed by atoms with E-state index in [9.17, 15) is 9.59 Å². The zero-order valence-electron chi connectivity index (χ0n) is 17.6. The average Bonchev–Trinajstić information content (AvgIpc) is 3.25. The number of ether oxygens (including phenoxy) is 2. The Labute approximate surface area is 199 Å². The van der Waals surface area contributed by atoms with E-state index in [1.54, 1.807) is 67.6 Å². The minimum Gasteiger partial charge on any atom is -0.479 e. The van der Waals surface area contributed by atoms with Crippen molar-refractivity contribution in [1.82, 2.24) is 4.98 Å². The lowest BCUT2D eigenvalue weighted by Gasteiger charge is -2.16. The van der Waals surface area contributed by atoms with Crippen molar-refractivity contribution >= 4 is 51.9 Å². The summed E-state index contributed by atoms with van der Waals surface area (Å²) in [7, 11) is 1.33. The van der Waals surface area contributed by atoms with Gasteiger partial charge in [0.25, 0.3) is 5.91 Å². The summed E-state index contributed by atoms with van der Waals surface area (Å²) >= 11 is 12.1. The van der Waals surface area contributed by atoms with Crippen LogP contribution in [0.25, 0.3) is 22.6 Å². The molecular weight excluding hydrogens is 467 g/mol. The standard InChI is InChI=1S/C24H18Cl2N2O5/c1-13(32-20-5-3-4-17(25)21(20)26)22(29)27-16-10-11-19-18(12-16)28-23(33-19)14-6-8-15(9-7-14)24(30)31-2/h3-13H,1-2H3,(H,27,29)/t13-/m0/s1. The van der Waals surface area contributed by atoms with Gasteiger partial charge in [-0.3, -0.25) is 4.79 Å². The molecule has 33 heavy (non-hydrogen) atoms. The Morgan fingerprint density at radius 1 is 1.06 bits per heavy atom. The summed E-state index contributed by atoms with van der Waals surface area (Å²) in [6, 6.07) is 16.8. The SMILES string of the molecule is COC(=O)c1ccc(-c2nc3cc(NC(=O)[C@H](C)Oc4cccc(Cl)c4Cl)ccc3o2)cc1. The Hall–Kier alpha value is -3.55. The Bertz CT molecular complexity index is 1330.